The molecule has 2 atom stereocenters. The van der Waals surface area contributed by atoms with Gasteiger partial charge in [0.1, 0.15) is 11.5 Å². The molecule has 22 heavy (non-hydrogen) atoms. The summed E-state index contributed by atoms with van der Waals surface area (Å²) in [6, 6.07) is 4.76. The molecule has 2 heterocycles. The highest BCUT2D eigenvalue weighted by Crippen LogP contribution is 2.33. The zero-order valence-electron chi connectivity index (χ0n) is 12.6. The van der Waals surface area contributed by atoms with Gasteiger partial charge in [-0.1, -0.05) is 0 Å². The van der Waals surface area contributed by atoms with Crippen molar-refractivity contribution in [1.82, 2.24) is 9.62 Å². The fraction of sp³-hybridized carbons (Fsp3) is 0.571. The van der Waals surface area contributed by atoms with Crippen molar-refractivity contribution >= 4 is 22.4 Å². The lowest BCUT2D eigenvalue weighted by Crippen LogP contribution is -2.32. The molecule has 0 spiro atoms. The van der Waals surface area contributed by atoms with Crippen molar-refractivity contribution in [1.29, 1.82) is 0 Å². The SMILES string of the molecule is COc1cc(OC)cc(S(=O)(=O)N2C[C@H]3CNC[C@H]3C2)c1.Cl. The summed E-state index contributed by atoms with van der Waals surface area (Å²) >= 11 is 0. The average Bonchev–Trinajstić information content (AvgIpc) is 3.08. The minimum Gasteiger partial charge on any atom is -0.497 e. The second-order valence-corrected chi connectivity index (χ2v) is 7.49. The van der Waals surface area contributed by atoms with E-state index in [1.807, 2.05) is 0 Å². The number of nitrogens with zero attached hydrogens (tertiary/aromatic N) is 1. The van der Waals surface area contributed by atoms with Gasteiger partial charge in [0.05, 0.1) is 19.1 Å². The monoisotopic (exact) mass is 348 g/mol. The molecule has 1 N–H and O–H groups in total. The van der Waals surface area contributed by atoms with Gasteiger partial charge in [0.25, 0.3) is 0 Å². The Bertz CT molecular complexity index is 603. The predicted octanol–water partition coefficient (Wildman–Crippen LogP) is 0.966. The lowest BCUT2D eigenvalue weighted by Gasteiger charge is -2.18. The van der Waals surface area contributed by atoms with Gasteiger partial charge >= 0.3 is 0 Å². The number of fused-ring (bicyclic) bond motifs is 1. The van der Waals surface area contributed by atoms with Crippen molar-refractivity contribution in [2.24, 2.45) is 11.8 Å². The van der Waals surface area contributed by atoms with E-state index in [4.69, 9.17) is 9.47 Å². The standard InChI is InChI=1S/C14H20N2O4S.ClH/c1-19-12-3-13(20-2)5-14(4-12)21(17,18)16-8-10-6-15-7-11(10)9-16;/h3-5,10-11,15H,6-9H2,1-2H3;1H/t10-,11+;. The molecule has 0 bridgehead atoms. The number of hydrogen-bond acceptors (Lipinski definition) is 5. The summed E-state index contributed by atoms with van der Waals surface area (Å²) in [5.74, 6) is 1.81. The van der Waals surface area contributed by atoms with Crippen LogP contribution in [0.25, 0.3) is 0 Å². The van der Waals surface area contributed by atoms with Gasteiger partial charge in [-0.25, -0.2) is 8.42 Å². The Hall–Kier alpha value is -1.02. The molecule has 0 radical (unpaired) electrons. The molecule has 0 aromatic heterocycles. The van der Waals surface area contributed by atoms with Crippen LogP contribution < -0.4 is 14.8 Å². The summed E-state index contributed by atoms with van der Waals surface area (Å²) in [5.41, 5.74) is 0. The van der Waals surface area contributed by atoms with E-state index in [1.54, 1.807) is 22.5 Å². The third kappa shape index (κ3) is 3.03. The Kier molecular flexibility index (Phi) is 5.21. The van der Waals surface area contributed by atoms with Crippen LogP contribution in [0.3, 0.4) is 0 Å². The van der Waals surface area contributed by atoms with Crippen LogP contribution in [0.5, 0.6) is 11.5 Å². The molecular formula is C14H21ClN2O4S. The zero-order chi connectivity index (χ0) is 15.0. The molecule has 2 aliphatic rings. The van der Waals surface area contributed by atoms with Crippen LogP contribution >= 0.6 is 12.4 Å². The molecule has 124 valence electrons. The van der Waals surface area contributed by atoms with E-state index in [1.165, 1.54) is 14.2 Å². The molecule has 2 fully saturated rings. The highest BCUT2D eigenvalue weighted by atomic mass is 35.5. The Labute approximate surface area is 137 Å². The second kappa shape index (κ2) is 6.62. The lowest BCUT2D eigenvalue weighted by atomic mass is 10.0. The van der Waals surface area contributed by atoms with Crippen molar-refractivity contribution in [2.75, 3.05) is 40.4 Å². The van der Waals surface area contributed by atoms with Crippen LogP contribution in [-0.4, -0.2) is 53.1 Å². The maximum absolute atomic E-state index is 12.8. The summed E-state index contributed by atoms with van der Waals surface area (Å²) in [6.45, 7) is 2.97. The molecule has 1 aromatic carbocycles. The van der Waals surface area contributed by atoms with Crippen LogP contribution in [0.15, 0.2) is 23.1 Å². The Morgan fingerprint density at radius 2 is 1.55 bits per heavy atom. The van der Waals surface area contributed by atoms with E-state index >= 15 is 0 Å². The Morgan fingerprint density at radius 1 is 1.05 bits per heavy atom. The van der Waals surface area contributed by atoms with E-state index in [0.717, 1.165) is 13.1 Å². The molecule has 1 aromatic rings. The number of sulfonamides is 1. The van der Waals surface area contributed by atoms with Crippen molar-refractivity contribution in [3.63, 3.8) is 0 Å². The van der Waals surface area contributed by atoms with E-state index in [2.05, 4.69) is 5.32 Å². The normalized spacial score (nSPS) is 24.6. The molecule has 2 saturated heterocycles. The van der Waals surface area contributed by atoms with Crippen molar-refractivity contribution in [3.05, 3.63) is 18.2 Å². The van der Waals surface area contributed by atoms with Crippen LogP contribution in [0, 0.1) is 11.8 Å². The van der Waals surface area contributed by atoms with Crippen LogP contribution in [0.2, 0.25) is 0 Å². The van der Waals surface area contributed by atoms with Gasteiger partial charge in [0.2, 0.25) is 10.0 Å². The molecule has 2 aliphatic heterocycles. The molecule has 6 nitrogen and oxygen atoms in total. The van der Waals surface area contributed by atoms with Gasteiger partial charge in [-0.2, -0.15) is 4.31 Å². The second-order valence-electron chi connectivity index (χ2n) is 5.55. The van der Waals surface area contributed by atoms with E-state index in [0.29, 0.717) is 36.4 Å². The summed E-state index contributed by atoms with van der Waals surface area (Å²) in [6.07, 6.45) is 0. The highest BCUT2D eigenvalue weighted by Gasteiger charge is 2.41. The molecule has 0 aliphatic carbocycles. The number of hydrogen-bond donors (Lipinski definition) is 1. The largest absolute Gasteiger partial charge is 0.497 e. The summed E-state index contributed by atoms with van der Waals surface area (Å²) < 4.78 is 37.5. The van der Waals surface area contributed by atoms with E-state index in [-0.39, 0.29) is 17.3 Å². The van der Waals surface area contributed by atoms with Gasteiger partial charge < -0.3 is 14.8 Å². The van der Waals surface area contributed by atoms with E-state index < -0.39 is 10.0 Å². The third-order valence-electron chi connectivity index (χ3n) is 4.32. The van der Waals surface area contributed by atoms with Crippen LogP contribution in [0.4, 0.5) is 0 Å². The number of benzene rings is 1. The summed E-state index contributed by atoms with van der Waals surface area (Å²) in [7, 11) is -0.478. The number of halogens is 1. The quantitative estimate of drug-likeness (QED) is 0.878. The first-order chi connectivity index (χ1) is 10.0. The maximum Gasteiger partial charge on any atom is 0.243 e. The van der Waals surface area contributed by atoms with Crippen LogP contribution in [-0.2, 0) is 10.0 Å². The fourth-order valence-corrected chi connectivity index (χ4v) is 4.69. The van der Waals surface area contributed by atoms with Gasteiger partial charge in [0, 0.05) is 31.3 Å². The fourth-order valence-electron chi connectivity index (χ4n) is 3.09. The number of ether oxygens (including phenoxy) is 2. The van der Waals surface area contributed by atoms with Crippen molar-refractivity contribution < 1.29 is 17.9 Å². The van der Waals surface area contributed by atoms with Crippen LogP contribution in [0.1, 0.15) is 0 Å². The van der Waals surface area contributed by atoms with Crippen molar-refractivity contribution in [2.45, 2.75) is 4.90 Å². The van der Waals surface area contributed by atoms with Gasteiger partial charge in [-0.15, -0.1) is 12.4 Å². The predicted molar refractivity (Wildman–Crippen MR) is 85.4 cm³/mol. The van der Waals surface area contributed by atoms with Gasteiger partial charge in [0.15, 0.2) is 0 Å². The Balaban J connectivity index is 0.00000176. The molecule has 8 heteroatoms. The van der Waals surface area contributed by atoms with Crippen molar-refractivity contribution in [3.8, 4) is 11.5 Å². The number of methoxy groups -OCH3 is 2. The molecule has 0 amide bonds. The lowest BCUT2D eigenvalue weighted by molar-refractivity contribution is 0.390. The summed E-state index contributed by atoms with van der Waals surface area (Å²) in [4.78, 5) is 0.228. The minimum absolute atomic E-state index is 0. The number of nitrogens with one attached hydrogen (secondary N) is 1. The molecule has 0 unspecified atom stereocenters. The molecule has 0 saturated carbocycles. The summed E-state index contributed by atoms with van der Waals surface area (Å²) in [5, 5.41) is 3.31. The maximum atomic E-state index is 12.8. The van der Waals surface area contributed by atoms with E-state index in [9.17, 15) is 8.42 Å². The first kappa shape index (κ1) is 17.3. The van der Waals surface area contributed by atoms with Gasteiger partial charge in [-0.3, -0.25) is 0 Å². The highest BCUT2D eigenvalue weighted by molar-refractivity contribution is 7.89. The van der Waals surface area contributed by atoms with Gasteiger partial charge in [-0.05, 0) is 24.9 Å². The first-order valence-corrected chi connectivity index (χ1v) is 8.42. The zero-order valence-corrected chi connectivity index (χ0v) is 14.2. The first-order valence-electron chi connectivity index (χ1n) is 6.98. The Morgan fingerprint density at radius 3 is 2.00 bits per heavy atom. The number of rotatable bonds is 4. The average molecular weight is 349 g/mol. The third-order valence-corrected chi connectivity index (χ3v) is 6.13. The smallest absolute Gasteiger partial charge is 0.243 e. The topological polar surface area (TPSA) is 67.9 Å². The minimum atomic E-state index is -3.50. The molecule has 3 rings (SSSR count). The molecular weight excluding hydrogens is 328 g/mol.